The summed E-state index contributed by atoms with van der Waals surface area (Å²) in [5, 5.41) is 13.7. The number of carboxylic acid groups (broad SMARTS) is 1. The molecule has 1 N–H and O–H groups in total. The second-order valence-electron chi connectivity index (χ2n) is 5.53. The highest BCUT2D eigenvalue weighted by atomic mass is 16.4. The highest BCUT2D eigenvalue weighted by molar-refractivity contribution is 6.01. The Morgan fingerprint density at radius 2 is 1.92 bits per heavy atom. The Morgan fingerprint density at radius 3 is 2.46 bits per heavy atom. The van der Waals surface area contributed by atoms with Crippen molar-refractivity contribution in [1.29, 1.82) is 0 Å². The number of aromatic carboxylic acids is 1. The largest absolute Gasteiger partial charge is 0.476 e. The summed E-state index contributed by atoms with van der Waals surface area (Å²) >= 11 is 0. The lowest BCUT2D eigenvalue weighted by Crippen LogP contribution is -2.38. The Morgan fingerprint density at radius 1 is 1.29 bits per heavy atom. The number of rotatable bonds is 6. The van der Waals surface area contributed by atoms with Crippen molar-refractivity contribution in [3.63, 3.8) is 0 Å². The number of amides is 1. The molecule has 0 bridgehead atoms. The van der Waals surface area contributed by atoms with Gasteiger partial charge < -0.3 is 10.0 Å². The molecule has 1 amide bonds. The standard InChI is InChI=1S/C17H19N3O4/c1-4-19(9-11(2)3)14(21)10-20-16(22)13-8-6-5-7-12(13)15(18-20)17(23)24/h5-8H,2,4,9-10H2,1,3H3,(H,23,24). The maximum absolute atomic E-state index is 12.5. The highest BCUT2D eigenvalue weighted by Crippen LogP contribution is 2.13. The van der Waals surface area contributed by atoms with E-state index in [1.165, 1.54) is 17.0 Å². The van der Waals surface area contributed by atoms with Crippen molar-refractivity contribution in [2.45, 2.75) is 20.4 Å². The molecule has 1 heterocycles. The smallest absolute Gasteiger partial charge is 0.357 e. The van der Waals surface area contributed by atoms with Crippen LogP contribution in [0.5, 0.6) is 0 Å². The first-order valence-corrected chi connectivity index (χ1v) is 7.50. The van der Waals surface area contributed by atoms with Gasteiger partial charge in [-0.25, -0.2) is 9.48 Å². The molecule has 0 aliphatic heterocycles. The van der Waals surface area contributed by atoms with Crippen LogP contribution in [0.4, 0.5) is 0 Å². The van der Waals surface area contributed by atoms with Crippen LogP contribution in [0, 0.1) is 0 Å². The van der Waals surface area contributed by atoms with Gasteiger partial charge in [0.2, 0.25) is 5.91 Å². The summed E-state index contributed by atoms with van der Waals surface area (Å²) in [5.41, 5.74) is 0.0755. The maximum atomic E-state index is 12.5. The monoisotopic (exact) mass is 329 g/mol. The van der Waals surface area contributed by atoms with E-state index in [0.29, 0.717) is 13.1 Å². The third kappa shape index (κ3) is 3.51. The summed E-state index contributed by atoms with van der Waals surface area (Å²) in [4.78, 5) is 37.8. The van der Waals surface area contributed by atoms with Crippen LogP contribution >= 0.6 is 0 Å². The zero-order chi connectivity index (χ0) is 17.9. The molecule has 0 aliphatic rings. The highest BCUT2D eigenvalue weighted by Gasteiger charge is 2.19. The van der Waals surface area contributed by atoms with Crippen LogP contribution in [-0.4, -0.2) is 44.8 Å². The SMILES string of the molecule is C=C(C)CN(CC)C(=O)Cn1nc(C(=O)O)c2ccccc2c1=O. The molecule has 126 valence electrons. The molecule has 7 nitrogen and oxygen atoms in total. The molecule has 1 aromatic heterocycles. The zero-order valence-corrected chi connectivity index (χ0v) is 13.7. The first-order chi connectivity index (χ1) is 11.3. The van der Waals surface area contributed by atoms with E-state index in [1.807, 2.05) is 6.92 Å². The molecular formula is C17H19N3O4. The average Bonchev–Trinajstić information content (AvgIpc) is 2.54. The number of carbonyl (C=O) groups is 2. The number of carboxylic acids is 1. The molecule has 1 aromatic carbocycles. The molecule has 0 aliphatic carbocycles. The first-order valence-electron chi connectivity index (χ1n) is 7.50. The third-order valence-corrected chi connectivity index (χ3v) is 3.55. The number of hydrogen-bond donors (Lipinski definition) is 1. The van der Waals surface area contributed by atoms with Crippen molar-refractivity contribution < 1.29 is 14.7 Å². The molecule has 7 heteroatoms. The number of aromatic nitrogens is 2. The maximum Gasteiger partial charge on any atom is 0.357 e. The molecule has 0 spiro atoms. The quantitative estimate of drug-likeness (QED) is 0.811. The van der Waals surface area contributed by atoms with Gasteiger partial charge in [0, 0.05) is 18.5 Å². The number of carbonyl (C=O) groups excluding carboxylic acids is 1. The Labute approximate surface area is 138 Å². The van der Waals surface area contributed by atoms with Gasteiger partial charge in [-0.2, -0.15) is 5.10 Å². The predicted octanol–water partition coefficient (Wildman–Crippen LogP) is 1.52. The van der Waals surface area contributed by atoms with Crippen molar-refractivity contribution in [2.75, 3.05) is 13.1 Å². The molecule has 2 rings (SSSR count). The van der Waals surface area contributed by atoms with E-state index in [4.69, 9.17) is 0 Å². The Kier molecular flexibility index (Phi) is 5.13. The van der Waals surface area contributed by atoms with Crippen molar-refractivity contribution in [3.05, 3.63) is 52.5 Å². The van der Waals surface area contributed by atoms with Gasteiger partial charge in [-0.3, -0.25) is 9.59 Å². The summed E-state index contributed by atoms with van der Waals surface area (Å²) in [6.07, 6.45) is 0. The number of nitrogens with zero attached hydrogens (tertiary/aromatic N) is 3. The van der Waals surface area contributed by atoms with Crippen molar-refractivity contribution >= 4 is 22.6 Å². The van der Waals surface area contributed by atoms with Crippen LogP contribution in [0.1, 0.15) is 24.3 Å². The van der Waals surface area contributed by atoms with E-state index in [9.17, 15) is 19.5 Å². The molecule has 0 unspecified atom stereocenters. The summed E-state index contributed by atoms with van der Waals surface area (Å²) in [6.45, 7) is 7.92. The van der Waals surface area contributed by atoms with Crippen LogP contribution in [-0.2, 0) is 11.3 Å². The molecule has 0 saturated carbocycles. The lowest BCUT2D eigenvalue weighted by molar-refractivity contribution is -0.131. The summed E-state index contributed by atoms with van der Waals surface area (Å²) < 4.78 is 0.912. The third-order valence-electron chi connectivity index (χ3n) is 3.55. The van der Waals surface area contributed by atoms with Gasteiger partial charge in [-0.15, -0.1) is 0 Å². The molecule has 0 atom stereocenters. The van der Waals surface area contributed by atoms with Gasteiger partial charge in [0.05, 0.1) is 5.39 Å². The normalized spacial score (nSPS) is 10.6. The molecule has 2 aromatic rings. The van der Waals surface area contributed by atoms with Gasteiger partial charge in [0.25, 0.3) is 5.56 Å². The lowest BCUT2D eigenvalue weighted by atomic mass is 10.1. The number of likely N-dealkylation sites (N-methyl/N-ethyl adjacent to an activating group) is 1. The Hall–Kier alpha value is -2.96. The van der Waals surface area contributed by atoms with Gasteiger partial charge in [0.15, 0.2) is 5.69 Å². The van der Waals surface area contributed by atoms with Crippen LogP contribution < -0.4 is 5.56 Å². The molecule has 0 fully saturated rings. The predicted molar refractivity (Wildman–Crippen MR) is 90.0 cm³/mol. The van der Waals surface area contributed by atoms with E-state index in [2.05, 4.69) is 11.7 Å². The molecule has 0 radical (unpaired) electrons. The van der Waals surface area contributed by atoms with E-state index < -0.39 is 11.5 Å². The first kappa shape index (κ1) is 17.4. The van der Waals surface area contributed by atoms with Crippen LogP contribution in [0.3, 0.4) is 0 Å². The van der Waals surface area contributed by atoms with Crippen LogP contribution in [0.25, 0.3) is 10.8 Å². The minimum absolute atomic E-state index is 0.223. The lowest BCUT2D eigenvalue weighted by Gasteiger charge is -2.21. The summed E-state index contributed by atoms with van der Waals surface area (Å²) in [5.74, 6) is -1.57. The van der Waals surface area contributed by atoms with Crippen LogP contribution in [0.15, 0.2) is 41.2 Å². The van der Waals surface area contributed by atoms with Crippen molar-refractivity contribution in [1.82, 2.24) is 14.7 Å². The number of fused-ring (bicyclic) bond motifs is 1. The minimum atomic E-state index is -1.25. The van der Waals surface area contributed by atoms with E-state index in [-0.39, 0.29) is 28.9 Å². The van der Waals surface area contributed by atoms with Gasteiger partial charge in [0.1, 0.15) is 6.54 Å². The Balaban J connectivity index is 2.47. The van der Waals surface area contributed by atoms with E-state index in [1.54, 1.807) is 19.1 Å². The van der Waals surface area contributed by atoms with Crippen molar-refractivity contribution in [3.8, 4) is 0 Å². The topological polar surface area (TPSA) is 92.5 Å². The number of benzene rings is 1. The fourth-order valence-corrected chi connectivity index (χ4v) is 2.43. The molecule has 0 saturated heterocycles. The van der Waals surface area contributed by atoms with E-state index >= 15 is 0 Å². The summed E-state index contributed by atoms with van der Waals surface area (Å²) in [6, 6.07) is 6.33. The van der Waals surface area contributed by atoms with E-state index in [0.717, 1.165) is 10.3 Å². The van der Waals surface area contributed by atoms with Crippen molar-refractivity contribution in [2.24, 2.45) is 0 Å². The molecule has 24 heavy (non-hydrogen) atoms. The fourth-order valence-electron chi connectivity index (χ4n) is 2.43. The summed E-state index contributed by atoms with van der Waals surface area (Å²) in [7, 11) is 0. The second-order valence-corrected chi connectivity index (χ2v) is 5.53. The fraction of sp³-hybridized carbons (Fsp3) is 0.294. The molecular weight excluding hydrogens is 310 g/mol. The van der Waals surface area contributed by atoms with Crippen LogP contribution in [0.2, 0.25) is 0 Å². The minimum Gasteiger partial charge on any atom is -0.476 e. The van der Waals surface area contributed by atoms with Gasteiger partial charge in [-0.05, 0) is 19.9 Å². The zero-order valence-electron chi connectivity index (χ0n) is 13.7. The number of hydrogen-bond acceptors (Lipinski definition) is 4. The second kappa shape index (κ2) is 7.08. The average molecular weight is 329 g/mol. The Bertz CT molecular complexity index is 870. The van der Waals surface area contributed by atoms with Gasteiger partial charge in [-0.1, -0.05) is 30.4 Å². The van der Waals surface area contributed by atoms with Gasteiger partial charge >= 0.3 is 5.97 Å².